The Morgan fingerprint density at radius 2 is 1.92 bits per heavy atom. The van der Waals surface area contributed by atoms with E-state index in [-0.39, 0.29) is 18.4 Å². The predicted octanol–water partition coefficient (Wildman–Crippen LogP) is 5.73. The molecule has 3 aromatic carbocycles. The van der Waals surface area contributed by atoms with Crippen LogP contribution in [-0.4, -0.2) is 30.6 Å². The number of aromatic nitrogens is 5. The molecule has 37 heavy (non-hydrogen) atoms. The van der Waals surface area contributed by atoms with E-state index in [4.69, 9.17) is 0 Å². The Balaban J connectivity index is 1.28. The first-order chi connectivity index (χ1) is 18.2. The van der Waals surface area contributed by atoms with Gasteiger partial charge in [-0.15, -0.1) is 0 Å². The molecule has 8 heteroatoms. The maximum absolute atomic E-state index is 13.1. The molecule has 0 spiro atoms. The van der Waals surface area contributed by atoms with Crippen molar-refractivity contribution < 1.29 is 4.79 Å². The second-order valence-corrected chi connectivity index (χ2v) is 8.69. The fourth-order valence-electron chi connectivity index (χ4n) is 4.54. The molecule has 2 N–H and O–H groups in total. The number of amides is 1. The van der Waals surface area contributed by atoms with Crippen LogP contribution < -0.4 is 5.32 Å². The van der Waals surface area contributed by atoms with Crippen molar-refractivity contribution in [2.24, 2.45) is 0 Å². The second-order valence-electron chi connectivity index (χ2n) is 8.69. The van der Waals surface area contributed by atoms with Crippen LogP contribution >= 0.6 is 0 Å². The van der Waals surface area contributed by atoms with Gasteiger partial charge in [0.15, 0.2) is 0 Å². The standard InChI is InChI=1S/C29H21N7O/c30-12-10-26(36-17-23(16-34-36)27-25-11-13-31-28(25)33-18-32-27)21-6-3-7-22(14-21)29(37)35-24-9-8-19-4-1-2-5-20(19)15-24/h1-9,11,13-18,26H,10H2,(H,35,37)(H,31,32,33). The van der Waals surface area contributed by atoms with Gasteiger partial charge in [0.2, 0.25) is 0 Å². The fourth-order valence-corrected chi connectivity index (χ4v) is 4.54. The van der Waals surface area contributed by atoms with E-state index < -0.39 is 0 Å². The minimum absolute atomic E-state index is 0.195. The van der Waals surface area contributed by atoms with E-state index in [9.17, 15) is 10.1 Å². The Kier molecular flexibility index (Phi) is 5.64. The molecule has 0 saturated heterocycles. The third kappa shape index (κ3) is 4.30. The fraction of sp³-hybridized carbons (Fsp3) is 0.0690. The zero-order valence-corrected chi connectivity index (χ0v) is 19.7. The molecule has 6 aromatic rings. The van der Waals surface area contributed by atoms with Crippen LogP contribution in [0.4, 0.5) is 5.69 Å². The molecular weight excluding hydrogens is 462 g/mol. The molecule has 8 nitrogen and oxygen atoms in total. The lowest BCUT2D eigenvalue weighted by molar-refractivity contribution is 0.102. The van der Waals surface area contributed by atoms with Gasteiger partial charge in [-0.3, -0.25) is 9.48 Å². The Morgan fingerprint density at radius 1 is 1.03 bits per heavy atom. The van der Waals surface area contributed by atoms with Crippen molar-refractivity contribution in [3.63, 3.8) is 0 Å². The molecule has 0 aliphatic carbocycles. The van der Waals surface area contributed by atoms with Gasteiger partial charge in [-0.2, -0.15) is 10.4 Å². The predicted molar refractivity (Wildman–Crippen MR) is 142 cm³/mol. The largest absolute Gasteiger partial charge is 0.346 e. The summed E-state index contributed by atoms with van der Waals surface area (Å²) in [6, 6.07) is 25.0. The third-order valence-corrected chi connectivity index (χ3v) is 6.37. The van der Waals surface area contributed by atoms with Crippen LogP contribution in [-0.2, 0) is 0 Å². The van der Waals surface area contributed by atoms with Gasteiger partial charge in [0.05, 0.1) is 30.4 Å². The molecule has 178 valence electrons. The molecule has 0 fully saturated rings. The normalized spacial score (nSPS) is 11.9. The highest BCUT2D eigenvalue weighted by atomic mass is 16.1. The smallest absolute Gasteiger partial charge is 0.255 e. The highest BCUT2D eigenvalue weighted by Gasteiger charge is 2.19. The number of carbonyl (C=O) groups excluding carboxylic acids is 1. The number of nitriles is 1. The summed E-state index contributed by atoms with van der Waals surface area (Å²) in [6.07, 6.45) is 7.13. The van der Waals surface area contributed by atoms with Crippen molar-refractivity contribution in [1.82, 2.24) is 24.7 Å². The number of hydrogen-bond acceptors (Lipinski definition) is 5. The highest BCUT2D eigenvalue weighted by Crippen LogP contribution is 2.28. The van der Waals surface area contributed by atoms with Crippen molar-refractivity contribution >= 4 is 33.4 Å². The SMILES string of the molecule is N#CCC(c1cccc(C(=O)Nc2ccc3ccccc3c2)c1)n1cc(-c2ncnc3[nH]ccc23)cn1. The Hall–Kier alpha value is -5.29. The maximum atomic E-state index is 13.1. The number of rotatable bonds is 6. The van der Waals surface area contributed by atoms with Gasteiger partial charge in [-0.25, -0.2) is 9.97 Å². The van der Waals surface area contributed by atoms with Crippen LogP contribution in [0.5, 0.6) is 0 Å². The first-order valence-electron chi connectivity index (χ1n) is 11.8. The van der Waals surface area contributed by atoms with Gasteiger partial charge in [-0.05, 0) is 46.7 Å². The number of hydrogen-bond donors (Lipinski definition) is 2. The number of nitrogens with zero attached hydrogens (tertiary/aromatic N) is 5. The molecule has 0 aliphatic heterocycles. The van der Waals surface area contributed by atoms with Gasteiger partial charge in [0.25, 0.3) is 5.91 Å². The van der Waals surface area contributed by atoms with E-state index in [0.29, 0.717) is 5.56 Å². The van der Waals surface area contributed by atoms with Crippen molar-refractivity contribution in [2.45, 2.75) is 12.5 Å². The molecule has 0 saturated carbocycles. The number of aromatic amines is 1. The molecule has 0 aliphatic rings. The summed E-state index contributed by atoms with van der Waals surface area (Å²) < 4.78 is 1.75. The molecule has 6 rings (SSSR count). The quantitative estimate of drug-likeness (QED) is 0.314. The molecule has 3 aromatic heterocycles. The van der Waals surface area contributed by atoms with Gasteiger partial charge in [-0.1, -0.05) is 42.5 Å². The Labute approximate surface area is 212 Å². The van der Waals surface area contributed by atoms with E-state index >= 15 is 0 Å². The highest BCUT2D eigenvalue weighted by molar-refractivity contribution is 6.05. The van der Waals surface area contributed by atoms with Crippen molar-refractivity contribution in [1.29, 1.82) is 5.26 Å². The number of nitrogens with one attached hydrogen (secondary N) is 2. The average Bonchev–Trinajstić information content (AvgIpc) is 3.62. The molecule has 0 bridgehead atoms. The molecule has 0 radical (unpaired) electrons. The topological polar surface area (TPSA) is 112 Å². The Morgan fingerprint density at radius 3 is 2.81 bits per heavy atom. The molecule has 1 unspecified atom stereocenters. The summed E-state index contributed by atoms with van der Waals surface area (Å²) >= 11 is 0. The van der Waals surface area contributed by atoms with Gasteiger partial charge >= 0.3 is 0 Å². The van der Waals surface area contributed by atoms with Gasteiger partial charge in [0.1, 0.15) is 12.0 Å². The van der Waals surface area contributed by atoms with E-state index in [1.54, 1.807) is 16.9 Å². The summed E-state index contributed by atoms with van der Waals surface area (Å²) in [6.45, 7) is 0. The molecule has 3 heterocycles. The van der Waals surface area contributed by atoms with Gasteiger partial charge in [0, 0.05) is 34.6 Å². The summed E-state index contributed by atoms with van der Waals surface area (Å²) in [5, 5.41) is 20.2. The van der Waals surface area contributed by atoms with Crippen LogP contribution in [0.25, 0.3) is 33.1 Å². The van der Waals surface area contributed by atoms with E-state index in [2.05, 4.69) is 31.4 Å². The van der Waals surface area contributed by atoms with E-state index in [0.717, 1.165) is 44.3 Å². The van der Waals surface area contributed by atoms with Gasteiger partial charge < -0.3 is 10.3 Å². The third-order valence-electron chi connectivity index (χ3n) is 6.37. The first kappa shape index (κ1) is 22.2. The second kappa shape index (κ2) is 9.40. The Bertz CT molecular complexity index is 1790. The summed E-state index contributed by atoms with van der Waals surface area (Å²) in [5.74, 6) is -0.218. The summed E-state index contributed by atoms with van der Waals surface area (Å²) in [7, 11) is 0. The molecule has 1 amide bonds. The van der Waals surface area contributed by atoms with Crippen LogP contribution in [0.2, 0.25) is 0 Å². The van der Waals surface area contributed by atoms with E-state index in [1.165, 1.54) is 6.33 Å². The summed E-state index contributed by atoms with van der Waals surface area (Å²) in [5.41, 5.74) is 4.37. The summed E-state index contributed by atoms with van der Waals surface area (Å²) in [4.78, 5) is 24.9. The average molecular weight is 484 g/mol. The van der Waals surface area contributed by atoms with Crippen molar-refractivity contribution in [3.8, 4) is 17.3 Å². The lowest BCUT2D eigenvalue weighted by Crippen LogP contribution is -2.15. The minimum Gasteiger partial charge on any atom is -0.346 e. The zero-order valence-electron chi connectivity index (χ0n) is 19.7. The zero-order chi connectivity index (χ0) is 25.2. The van der Waals surface area contributed by atoms with Crippen LogP contribution in [0.1, 0.15) is 28.4 Å². The number of benzene rings is 3. The van der Waals surface area contributed by atoms with E-state index in [1.807, 2.05) is 79.1 Å². The lowest BCUT2D eigenvalue weighted by Gasteiger charge is -2.16. The molecular formula is C29H21N7O. The lowest BCUT2D eigenvalue weighted by atomic mass is 10.0. The van der Waals surface area contributed by atoms with Crippen LogP contribution in [0.15, 0.2) is 97.7 Å². The van der Waals surface area contributed by atoms with Crippen LogP contribution in [0.3, 0.4) is 0 Å². The number of anilines is 1. The number of fused-ring (bicyclic) bond motifs is 2. The van der Waals surface area contributed by atoms with Crippen LogP contribution in [0, 0.1) is 11.3 Å². The van der Waals surface area contributed by atoms with Crippen molar-refractivity contribution in [2.75, 3.05) is 5.32 Å². The number of H-pyrrole nitrogens is 1. The van der Waals surface area contributed by atoms with Crippen molar-refractivity contribution in [3.05, 3.63) is 109 Å². The first-order valence-corrected chi connectivity index (χ1v) is 11.8. The number of carbonyl (C=O) groups is 1. The maximum Gasteiger partial charge on any atom is 0.255 e. The molecule has 1 atom stereocenters. The monoisotopic (exact) mass is 483 g/mol. The minimum atomic E-state index is -0.365.